The molecule has 0 atom stereocenters. The van der Waals surface area contributed by atoms with Gasteiger partial charge in [0.15, 0.2) is 0 Å². The van der Waals surface area contributed by atoms with Crippen molar-refractivity contribution in [3.63, 3.8) is 0 Å². The van der Waals surface area contributed by atoms with Crippen molar-refractivity contribution < 1.29 is 0 Å². The summed E-state index contributed by atoms with van der Waals surface area (Å²) in [6, 6.07) is 14.5. The average Bonchev–Trinajstić information content (AvgIpc) is 2.49. The zero-order valence-electron chi connectivity index (χ0n) is 10.7. The number of hydrogen-bond acceptors (Lipinski definition) is 2. The van der Waals surface area contributed by atoms with Crippen LogP contribution in [0.2, 0.25) is 0 Å². The number of rotatable bonds is 2. The van der Waals surface area contributed by atoms with Crippen LogP contribution in [0.15, 0.2) is 67.3 Å². The predicted octanol–water partition coefficient (Wildman–Crippen LogP) is 4.12. The first kappa shape index (κ1) is 11.6. The van der Waals surface area contributed by atoms with Gasteiger partial charge in [0.25, 0.3) is 0 Å². The molecule has 3 aromatic rings. The van der Waals surface area contributed by atoms with Crippen LogP contribution in [0.3, 0.4) is 0 Å². The van der Waals surface area contributed by atoms with Crippen LogP contribution in [0.5, 0.6) is 0 Å². The van der Waals surface area contributed by atoms with E-state index in [-0.39, 0.29) is 0 Å². The smallest absolute Gasteiger partial charge is 0.0346 e. The molecule has 0 bridgehead atoms. The Morgan fingerprint density at radius 3 is 2.32 bits per heavy atom. The normalized spacial score (nSPS) is 10.4. The van der Waals surface area contributed by atoms with Crippen LogP contribution >= 0.6 is 0 Å². The monoisotopic (exact) mass is 246 g/mol. The molecule has 2 aromatic heterocycles. The fourth-order valence-corrected chi connectivity index (χ4v) is 2.33. The van der Waals surface area contributed by atoms with E-state index < -0.39 is 0 Å². The Labute approximate surface area is 112 Å². The molecule has 0 aliphatic rings. The maximum atomic E-state index is 4.21. The van der Waals surface area contributed by atoms with Gasteiger partial charge >= 0.3 is 0 Å². The lowest BCUT2D eigenvalue weighted by molar-refractivity contribution is 1.31. The van der Waals surface area contributed by atoms with Gasteiger partial charge in [-0.3, -0.25) is 9.97 Å². The molecule has 1 aromatic carbocycles. The summed E-state index contributed by atoms with van der Waals surface area (Å²) < 4.78 is 0. The molecule has 0 radical (unpaired) electrons. The van der Waals surface area contributed by atoms with Gasteiger partial charge < -0.3 is 0 Å². The summed E-state index contributed by atoms with van der Waals surface area (Å²) in [5, 5.41) is 0. The summed E-state index contributed by atoms with van der Waals surface area (Å²) in [5.41, 5.74) is 6.04. The van der Waals surface area contributed by atoms with Crippen molar-refractivity contribution in [1.29, 1.82) is 0 Å². The van der Waals surface area contributed by atoms with E-state index in [9.17, 15) is 0 Å². The first-order chi connectivity index (χ1) is 9.36. The van der Waals surface area contributed by atoms with Crippen molar-refractivity contribution in [2.75, 3.05) is 0 Å². The first-order valence-corrected chi connectivity index (χ1v) is 6.26. The Morgan fingerprint density at radius 2 is 1.58 bits per heavy atom. The Bertz CT molecular complexity index is 676. The van der Waals surface area contributed by atoms with E-state index in [2.05, 4.69) is 41.2 Å². The van der Waals surface area contributed by atoms with Gasteiger partial charge in [-0.1, -0.05) is 24.3 Å². The Kier molecular flexibility index (Phi) is 3.07. The average molecular weight is 246 g/mol. The molecule has 92 valence electrons. The minimum Gasteiger partial charge on any atom is -0.265 e. The molecule has 0 N–H and O–H groups in total. The van der Waals surface area contributed by atoms with E-state index in [0.29, 0.717) is 0 Å². The molecule has 19 heavy (non-hydrogen) atoms. The molecular weight excluding hydrogens is 232 g/mol. The number of benzene rings is 1. The number of nitrogens with zero attached hydrogens (tertiary/aromatic N) is 2. The van der Waals surface area contributed by atoms with Gasteiger partial charge in [-0.2, -0.15) is 0 Å². The molecule has 0 amide bonds. The molecule has 2 nitrogen and oxygen atoms in total. The number of hydrogen-bond donors (Lipinski definition) is 0. The van der Waals surface area contributed by atoms with Crippen molar-refractivity contribution in [3.8, 4) is 22.3 Å². The Balaban J connectivity index is 2.25. The molecule has 0 fully saturated rings. The maximum absolute atomic E-state index is 4.21. The third kappa shape index (κ3) is 2.25. The van der Waals surface area contributed by atoms with Crippen molar-refractivity contribution in [1.82, 2.24) is 9.97 Å². The van der Waals surface area contributed by atoms with Crippen LogP contribution in [0.1, 0.15) is 5.56 Å². The number of aryl methyl sites for hydroxylation is 1. The molecule has 0 spiro atoms. The Hall–Kier alpha value is -2.48. The van der Waals surface area contributed by atoms with E-state index >= 15 is 0 Å². The van der Waals surface area contributed by atoms with E-state index in [1.807, 2.05) is 36.8 Å². The summed E-state index contributed by atoms with van der Waals surface area (Å²) in [6.07, 6.45) is 7.36. The van der Waals surface area contributed by atoms with Crippen LogP contribution in [0.4, 0.5) is 0 Å². The van der Waals surface area contributed by atoms with Crippen molar-refractivity contribution >= 4 is 0 Å². The number of pyridine rings is 2. The predicted molar refractivity (Wildman–Crippen MR) is 77.6 cm³/mol. The second kappa shape index (κ2) is 5.02. The maximum Gasteiger partial charge on any atom is 0.0346 e. The highest BCUT2D eigenvalue weighted by Gasteiger charge is 2.09. The fraction of sp³-hybridized carbons (Fsp3) is 0.0588. The van der Waals surface area contributed by atoms with Gasteiger partial charge in [0.1, 0.15) is 0 Å². The topological polar surface area (TPSA) is 25.8 Å². The van der Waals surface area contributed by atoms with Crippen LogP contribution in [0.25, 0.3) is 22.3 Å². The second-order valence-corrected chi connectivity index (χ2v) is 4.48. The van der Waals surface area contributed by atoms with E-state index in [1.54, 1.807) is 6.20 Å². The van der Waals surface area contributed by atoms with Crippen LogP contribution in [0, 0.1) is 6.92 Å². The molecule has 0 saturated heterocycles. The third-order valence-corrected chi connectivity index (χ3v) is 3.21. The Morgan fingerprint density at radius 1 is 0.737 bits per heavy atom. The van der Waals surface area contributed by atoms with Crippen molar-refractivity contribution in [2.24, 2.45) is 0 Å². The molecular formula is C17H14N2. The van der Waals surface area contributed by atoms with E-state index in [0.717, 1.165) is 5.56 Å². The third-order valence-electron chi connectivity index (χ3n) is 3.21. The van der Waals surface area contributed by atoms with Crippen molar-refractivity contribution in [2.45, 2.75) is 6.92 Å². The van der Waals surface area contributed by atoms with E-state index in [1.165, 1.54) is 22.3 Å². The molecule has 2 heteroatoms. The van der Waals surface area contributed by atoms with Crippen LogP contribution in [-0.2, 0) is 0 Å². The number of aromatic nitrogens is 2. The molecule has 3 rings (SSSR count). The molecule has 0 saturated carbocycles. The highest BCUT2D eigenvalue weighted by molar-refractivity contribution is 5.85. The van der Waals surface area contributed by atoms with Gasteiger partial charge in [-0.25, -0.2) is 0 Å². The van der Waals surface area contributed by atoms with Crippen molar-refractivity contribution in [3.05, 3.63) is 72.8 Å². The molecule has 2 heterocycles. The van der Waals surface area contributed by atoms with E-state index in [4.69, 9.17) is 0 Å². The standard InChI is InChI=1S/C17H14N2/c1-13-4-2-6-16(15-5-3-9-19-12-15)17(13)14-7-10-18-11-8-14/h2-12H,1H3. The quantitative estimate of drug-likeness (QED) is 0.679. The minimum atomic E-state index is 1.14. The summed E-state index contributed by atoms with van der Waals surface area (Å²) in [4.78, 5) is 8.30. The highest BCUT2D eigenvalue weighted by atomic mass is 14.6. The summed E-state index contributed by atoms with van der Waals surface area (Å²) in [6.45, 7) is 2.13. The van der Waals surface area contributed by atoms with Gasteiger partial charge in [-0.15, -0.1) is 0 Å². The summed E-state index contributed by atoms with van der Waals surface area (Å²) >= 11 is 0. The molecule has 0 unspecified atom stereocenters. The SMILES string of the molecule is Cc1cccc(-c2cccnc2)c1-c1ccncc1. The van der Waals surface area contributed by atoms with Crippen LogP contribution in [-0.4, -0.2) is 9.97 Å². The minimum absolute atomic E-state index is 1.14. The largest absolute Gasteiger partial charge is 0.265 e. The van der Waals surface area contributed by atoms with Gasteiger partial charge in [0.05, 0.1) is 0 Å². The van der Waals surface area contributed by atoms with Crippen LogP contribution < -0.4 is 0 Å². The highest BCUT2D eigenvalue weighted by Crippen LogP contribution is 2.33. The van der Waals surface area contributed by atoms with Gasteiger partial charge in [0.2, 0.25) is 0 Å². The molecule has 0 aliphatic heterocycles. The summed E-state index contributed by atoms with van der Waals surface area (Å²) in [7, 11) is 0. The zero-order chi connectivity index (χ0) is 13.1. The fourth-order valence-electron chi connectivity index (χ4n) is 2.33. The molecule has 0 aliphatic carbocycles. The lowest BCUT2D eigenvalue weighted by Crippen LogP contribution is -1.89. The zero-order valence-corrected chi connectivity index (χ0v) is 10.7. The van der Waals surface area contributed by atoms with Gasteiger partial charge in [-0.05, 0) is 47.4 Å². The van der Waals surface area contributed by atoms with Gasteiger partial charge in [0, 0.05) is 30.4 Å². The lowest BCUT2D eigenvalue weighted by Gasteiger charge is -2.12. The summed E-state index contributed by atoms with van der Waals surface area (Å²) in [5.74, 6) is 0. The lowest BCUT2D eigenvalue weighted by atomic mass is 9.92. The second-order valence-electron chi connectivity index (χ2n) is 4.48. The first-order valence-electron chi connectivity index (χ1n) is 6.26.